The van der Waals surface area contributed by atoms with E-state index in [1.54, 1.807) is 23.9 Å². The van der Waals surface area contributed by atoms with Crippen molar-refractivity contribution in [3.8, 4) is 6.07 Å². The number of carbonyl (C=O) groups excluding carboxylic acids is 1. The van der Waals surface area contributed by atoms with E-state index in [4.69, 9.17) is 0 Å². The number of amides is 1. The van der Waals surface area contributed by atoms with Crippen LogP contribution in [0.25, 0.3) is 10.9 Å². The van der Waals surface area contributed by atoms with Crippen LogP contribution in [-0.4, -0.2) is 39.1 Å². The first-order valence-corrected chi connectivity index (χ1v) is 13.8. The van der Waals surface area contributed by atoms with Crippen LogP contribution in [0.15, 0.2) is 77.9 Å². The summed E-state index contributed by atoms with van der Waals surface area (Å²) in [5, 5.41) is 14.3. The lowest BCUT2D eigenvalue weighted by molar-refractivity contribution is -0.138. The Labute approximate surface area is 228 Å². The quantitative estimate of drug-likeness (QED) is 0.398. The fraction of sp³-hybridized carbons (Fsp3) is 0.344. The Bertz CT molecular complexity index is 1610. The molecule has 2 atom stereocenters. The minimum Gasteiger partial charge on any atom is -0.343 e. The molecule has 2 fully saturated rings. The normalized spacial score (nSPS) is 19.1. The number of pyridine rings is 1. The lowest BCUT2D eigenvalue weighted by Crippen LogP contribution is -2.47. The van der Waals surface area contributed by atoms with Gasteiger partial charge in [0.1, 0.15) is 0 Å². The Kier molecular flexibility index (Phi) is 6.80. The summed E-state index contributed by atoms with van der Waals surface area (Å²) < 4.78 is 3.76. The van der Waals surface area contributed by atoms with Gasteiger partial charge in [0, 0.05) is 62.1 Å². The van der Waals surface area contributed by atoms with Gasteiger partial charge in [-0.25, -0.2) is 0 Å². The third kappa shape index (κ3) is 5.00. The SMILES string of the molecule is Cn1ccc([C@@H]2CCNC[C@H]2C(=O)N(Cc2cn(Cc3ccccc3)c3cccc(C#N)c23)C2CC2)cc1=O. The predicted molar refractivity (Wildman–Crippen MR) is 151 cm³/mol. The van der Waals surface area contributed by atoms with Crippen LogP contribution in [0.3, 0.4) is 0 Å². The van der Waals surface area contributed by atoms with Crippen molar-refractivity contribution < 1.29 is 4.79 Å². The molecule has 2 aromatic carbocycles. The summed E-state index contributed by atoms with van der Waals surface area (Å²) in [6.45, 7) is 2.59. The van der Waals surface area contributed by atoms with E-state index in [0.29, 0.717) is 25.2 Å². The van der Waals surface area contributed by atoms with E-state index in [2.05, 4.69) is 40.3 Å². The standard InChI is InChI=1S/C32H33N5O2/c1-35-15-13-23(16-30(35)38)27-12-14-34-18-28(27)32(39)37(26-10-11-26)21-25-20-36(19-22-6-3-2-4-7-22)29-9-5-8-24(17-33)31(25)29/h2-9,13,15-16,20,26-28,34H,10-12,14,18-19,21H2,1H3/t27-,28+/m0/s1. The van der Waals surface area contributed by atoms with Crippen molar-refractivity contribution in [3.63, 3.8) is 0 Å². The molecule has 7 nitrogen and oxygen atoms in total. The van der Waals surface area contributed by atoms with Gasteiger partial charge < -0.3 is 19.4 Å². The van der Waals surface area contributed by atoms with Crippen molar-refractivity contribution in [3.05, 3.63) is 106 Å². The number of nitriles is 1. The van der Waals surface area contributed by atoms with Gasteiger partial charge in [0.25, 0.3) is 5.56 Å². The van der Waals surface area contributed by atoms with Crippen LogP contribution >= 0.6 is 0 Å². The highest BCUT2D eigenvalue weighted by Crippen LogP contribution is 2.37. The second kappa shape index (κ2) is 10.5. The van der Waals surface area contributed by atoms with Crippen molar-refractivity contribution in [2.24, 2.45) is 13.0 Å². The average molecular weight is 520 g/mol. The molecule has 0 bridgehead atoms. The molecular formula is C32H33N5O2. The highest BCUT2D eigenvalue weighted by Gasteiger charge is 2.40. The molecule has 1 aliphatic heterocycles. The molecule has 198 valence electrons. The number of hydrogen-bond donors (Lipinski definition) is 1. The first kappa shape index (κ1) is 25.1. The van der Waals surface area contributed by atoms with Crippen molar-refractivity contribution in [1.82, 2.24) is 19.4 Å². The van der Waals surface area contributed by atoms with Gasteiger partial charge in [-0.3, -0.25) is 9.59 Å². The minimum absolute atomic E-state index is 0.00277. The summed E-state index contributed by atoms with van der Waals surface area (Å²) >= 11 is 0. The Morgan fingerprint density at radius 3 is 2.67 bits per heavy atom. The van der Waals surface area contributed by atoms with E-state index >= 15 is 0 Å². The summed E-state index contributed by atoms with van der Waals surface area (Å²) in [6.07, 6.45) is 6.73. The zero-order chi connectivity index (χ0) is 26.9. The summed E-state index contributed by atoms with van der Waals surface area (Å²) in [5.74, 6) is -0.101. The van der Waals surface area contributed by atoms with Gasteiger partial charge in [0.05, 0.1) is 17.6 Å². The minimum atomic E-state index is -0.237. The third-order valence-corrected chi connectivity index (χ3v) is 8.27. The number of nitrogens with one attached hydrogen (secondary N) is 1. The van der Waals surface area contributed by atoms with Crippen molar-refractivity contribution in [1.29, 1.82) is 5.26 Å². The van der Waals surface area contributed by atoms with Gasteiger partial charge in [-0.05, 0) is 66.6 Å². The molecule has 7 heteroatoms. The predicted octanol–water partition coefficient (Wildman–Crippen LogP) is 4.14. The van der Waals surface area contributed by atoms with Gasteiger partial charge in [0.15, 0.2) is 0 Å². The van der Waals surface area contributed by atoms with E-state index in [1.165, 1.54) is 5.56 Å². The van der Waals surface area contributed by atoms with Gasteiger partial charge >= 0.3 is 0 Å². The molecule has 0 unspecified atom stereocenters. The number of benzene rings is 2. The molecule has 0 radical (unpaired) electrons. The van der Waals surface area contributed by atoms with Crippen molar-refractivity contribution in [2.75, 3.05) is 13.1 Å². The summed E-state index contributed by atoms with van der Waals surface area (Å²) in [5.41, 5.74) is 4.73. The first-order chi connectivity index (χ1) is 19.0. The molecule has 1 amide bonds. The molecule has 6 rings (SSSR count). The topological polar surface area (TPSA) is 83.1 Å². The number of piperidine rings is 1. The van der Waals surface area contributed by atoms with Crippen LogP contribution in [-0.2, 0) is 24.9 Å². The lowest BCUT2D eigenvalue weighted by atomic mass is 9.80. The molecule has 2 aromatic heterocycles. The van der Waals surface area contributed by atoms with Crippen LogP contribution in [0.2, 0.25) is 0 Å². The summed E-state index contributed by atoms with van der Waals surface area (Å²) in [7, 11) is 1.75. The molecular weight excluding hydrogens is 486 g/mol. The Morgan fingerprint density at radius 2 is 1.92 bits per heavy atom. The molecule has 0 spiro atoms. The maximum Gasteiger partial charge on any atom is 0.250 e. The fourth-order valence-electron chi connectivity index (χ4n) is 6.04. The third-order valence-electron chi connectivity index (χ3n) is 8.27. The monoisotopic (exact) mass is 519 g/mol. The van der Waals surface area contributed by atoms with Crippen LogP contribution in [0.1, 0.15) is 47.4 Å². The summed E-state index contributed by atoms with van der Waals surface area (Å²) in [6, 6.07) is 22.4. The van der Waals surface area contributed by atoms with Crippen LogP contribution in [0, 0.1) is 17.2 Å². The molecule has 4 aromatic rings. The lowest BCUT2D eigenvalue weighted by Gasteiger charge is -2.35. The fourth-order valence-corrected chi connectivity index (χ4v) is 6.04. The number of carbonyl (C=O) groups is 1. The van der Waals surface area contributed by atoms with Crippen LogP contribution in [0.4, 0.5) is 0 Å². The average Bonchev–Trinajstić information content (AvgIpc) is 3.76. The van der Waals surface area contributed by atoms with Crippen molar-refractivity contribution >= 4 is 16.8 Å². The molecule has 1 saturated heterocycles. The number of aromatic nitrogens is 2. The van der Waals surface area contributed by atoms with Gasteiger partial charge in [0.2, 0.25) is 5.91 Å². The highest BCUT2D eigenvalue weighted by molar-refractivity contribution is 5.90. The second-order valence-electron chi connectivity index (χ2n) is 10.9. The molecule has 2 aliphatic rings. The van der Waals surface area contributed by atoms with Gasteiger partial charge in [-0.1, -0.05) is 36.4 Å². The number of aryl methyl sites for hydroxylation is 1. The molecule has 3 heterocycles. The molecule has 39 heavy (non-hydrogen) atoms. The second-order valence-corrected chi connectivity index (χ2v) is 10.9. The maximum atomic E-state index is 14.2. The first-order valence-electron chi connectivity index (χ1n) is 13.8. The number of fused-ring (bicyclic) bond motifs is 1. The van der Waals surface area contributed by atoms with E-state index in [9.17, 15) is 14.9 Å². The number of hydrogen-bond acceptors (Lipinski definition) is 4. The van der Waals surface area contributed by atoms with E-state index < -0.39 is 0 Å². The maximum absolute atomic E-state index is 14.2. The van der Waals surface area contributed by atoms with Crippen LogP contribution < -0.4 is 10.9 Å². The zero-order valence-electron chi connectivity index (χ0n) is 22.2. The van der Waals surface area contributed by atoms with E-state index in [0.717, 1.165) is 47.8 Å². The number of rotatable bonds is 7. The zero-order valence-corrected chi connectivity index (χ0v) is 22.2. The number of nitrogens with zero attached hydrogens (tertiary/aromatic N) is 4. The Morgan fingerprint density at radius 1 is 1.10 bits per heavy atom. The molecule has 1 saturated carbocycles. The Hall–Kier alpha value is -4.15. The van der Waals surface area contributed by atoms with E-state index in [-0.39, 0.29) is 29.3 Å². The summed E-state index contributed by atoms with van der Waals surface area (Å²) in [4.78, 5) is 28.7. The van der Waals surface area contributed by atoms with Gasteiger partial charge in [-0.15, -0.1) is 0 Å². The molecule has 1 aliphatic carbocycles. The van der Waals surface area contributed by atoms with Crippen LogP contribution in [0.5, 0.6) is 0 Å². The van der Waals surface area contributed by atoms with E-state index in [1.807, 2.05) is 41.3 Å². The molecule has 1 N–H and O–H groups in total. The van der Waals surface area contributed by atoms with Crippen molar-refractivity contribution in [2.45, 2.75) is 44.3 Å². The Balaban J connectivity index is 1.35. The smallest absolute Gasteiger partial charge is 0.250 e. The largest absolute Gasteiger partial charge is 0.343 e. The highest BCUT2D eigenvalue weighted by atomic mass is 16.2. The van der Waals surface area contributed by atoms with Gasteiger partial charge in [-0.2, -0.15) is 5.26 Å².